The molecule has 28 heavy (non-hydrogen) atoms. The maximum atomic E-state index is 12.7. The number of benzene rings is 1. The number of morpholine rings is 1. The molecule has 1 unspecified atom stereocenters. The predicted octanol–water partition coefficient (Wildman–Crippen LogP) is 3.84. The van der Waals surface area contributed by atoms with E-state index in [2.05, 4.69) is 48.0 Å². The Morgan fingerprint density at radius 2 is 1.89 bits per heavy atom. The van der Waals surface area contributed by atoms with Gasteiger partial charge in [-0.2, -0.15) is 0 Å². The van der Waals surface area contributed by atoms with E-state index in [0.717, 1.165) is 44.8 Å². The van der Waals surface area contributed by atoms with Gasteiger partial charge in [-0.1, -0.05) is 31.2 Å². The molecule has 1 aromatic carbocycles. The summed E-state index contributed by atoms with van der Waals surface area (Å²) < 4.78 is 6.02. The maximum absolute atomic E-state index is 12.7. The van der Waals surface area contributed by atoms with Crippen LogP contribution in [0.1, 0.15) is 47.4 Å². The zero-order valence-electron chi connectivity index (χ0n) is 16.8. The Kier molecular flexibility index (Phi) is 5.62. The average molecular weight is 380 g/mol. The fraction of sp³-hybridized carbons (Fsp3) is 0.478. The number of pyridine rings is 1. The van der Waals surface area contributed by atoms with E-state index in [0.29, 0.717) is 18.1 Å². The second-order valence-electron chi connectivity index (χ2n) is 8.04. The van der Waals surface area contributed by atoms with Gasteiger partial charge in [0, 0.05) is 32.4 Å². The molecule has 0 aliphatic carbocycles. The van der Waals surface area contributed by atoms with Gasteiger partial charge in [0.2, 0.25) is 0 Å². The van der Waals surface area contributed by atoms with Crippen molar-refractivity contribution in [2.45, 2.75) is 32.8 Å². The van der Waals surface area contributed by atoms with Crippen molar-refractivity contribution in [1.29, 1.82) is 0 Å². The van der Waals surface area contributed by atoms with E-state index in [1.165, 1.54) is 11.1 Å². The largest absolute Gasteiger partial charge is 0.370 e. The third-order valence-electron chi connectivity index (χ3n) is 5.99. The highest BCUT2D eigenvalue weighted by molar-refractivity contribution is 5.94. The Labute approximate surface area is 167 Å². The third-order valence-corrected chi connectivity index (χ3v) is 5.99. The van der Waals surface area contributed by atoms with Crippen molar-refractivity contribution >= 4 is 11.7 Å². The molecule has 1 amide bonds. The number of nitrogens with zero attached hydrogens (tertiary/aromatic N) is 3. The van der Waals surface area contributed by atoms with E-state index in [1.54, 1.807) is 6.20 Å². The van der Waals surface area contributed by atoms with Gasteiger partial charge in [-0.05, 0) is 48.9 Å². The number of carbonyl (C=O) groups is 1. The SMILES string of the molecule is Cc1ccccc1C1CN(c2ccc(C(=O)N3CCC(C)CC3)cn2)CCO1. The number of piperidine rings is 1. The number of aromatic nitrogens is 1. The van der Waals surface area contributed by atoms with Crippen LogP contribution in [0.25, 0.3) is 0 Å². The van der Waals surface area contributed by atoms with Crippen LogP contribution in [0.3, 0.4) is 0 Å². The van der Waals surface area contributed by atoms with E-state index in [1.807, 2.05) is 17.0 Å². The summed E-state index contributed by atoms with van der Waals surface area (Å²) in [5, 5.41) is 0. The monoisotopic (exact) mass is 379 g/mol. The molecule has 5 nitrogen and oxygen atoms in total. The zero-order chi connectivity index (χ0) is 19.5. The van der Waals surface area contributed by atoms with Crippen molar-refractivity contribution in [2.24, 2.45) is 5.92 Å². The highest BCUT2D eigenvalue weighted by atomic mass is 16.5. The van der Waals surface area contributed by atoms with E-state index in [9.17, 15) is 4.79 Å². The molecule has 0 spiro atoms. The molecule has 3 heterocycles. The average Bonchev–Trinajstić information content (AvgIpc) is 2.74. The topological polar surface area (TPSA) is 45.7 Å². The summed E-state index contributed by atoms with van der Waals surface area (Å²) in [6, 6.07) is 12.3. The van der Waals surface area contributed by atoms with Crippen LogP contribution in [0.15, 0.2) is 42.6 Å². The molecule has 1 atom stereocenters. The number of likely N-dealkylation sites (tertiary alicyclic amines) is 1. The first-order chi connectivity index (χ1) is 13.6. The lowest BCUT2D eigenvalue weighted by Crippen LogP contribution is -2.39. The summed E-state index contributed by atoms with van der Waals surface area (Å²) in [5.74, 6) is 1.73. The number of rotatable bonds is 3. The van der Waals surface area contributed by atoms with Gasteiger partial charge in [-0.15, -0.1) is 0 Å². The van der Waals surface area contributed by atoms with Crippen molar-refractivity contribution in [1.82, 2.24) is 9.88 Å². The molecule has 2 aliphatic rings. The van der Waals surface area contributed by atoms with Crippen LogP contribution < -0.4 is 4.90 Å². The summed E-state index contributed by atoms with van der Waals surface area (Å²) in [7, 11) is 0. The fourth-order valence-corrected chi connectivity index (χ4v) is 4.09. The van der Waals surface area contributed by atoms with E-state index in [-0.39, 0.29) is 12.0 Å². The van der Waals surface area contributed by atoms with E-state index >= 15 is 0 Å². The lowest BCUT2D eigenvalue weighted by atomic mass is 9.99. The highest BCUT2D eigenvalue weighted by Gasteiger charge is 2.25. The minimum absolute atomic E-state index is 0.0494. The first kappa shape index (κ1) is 18.9. The predicted molar refractivity (Wildman–Crippen MR) is 111 cm³/mol. The van der Waals surface area contributed by atoms with Gasteiger partial charge in [0.15, 0.2) is 0 Å². The first-order valence-corrected chi connectivity index (χ1v) is 10.3. The number of amides is 1. The standard InChI is InChI=1S/C23H29N3O2/c1-17-9-11-25(12-10-17)23(27)19-7-8-22(24-15-19)26-13-14-28-21(16-26)20-6-4-3-5-18(20)2/h3-8,15,17,21H,9-14,16H2,1-2H3. The maximum Gasteiger partial charge on any atom is 0.255 e. The number of aryl methyl sites for hydroxylation is 1. The molecule has 5 heteroatoms. The Hall–Kier alpha value is -2.40. The molecular weight excluding hydrogens is 350 g/mol. The van der Waals surface area contributed by atoms with Gasteiger partial charge < -0.3 is 14.5 Å². The van der Waals surface area contributed by atoms with Gasteiger partial charge in [-0.25, -0.2) is 4.98 Å². The van der Waals surface area contributed by atoms with E-state index < -0.39 is 0 Å². The molecule has 148 valence electrons. The Morgan fingerprint density at radius 1 is 1.11 bits per heavy atom. The number of ether oxygens (including phenoxy) is 1. The molecule has 0 N–H and O–H groups in total. The lowest BCUT2D eigenvalue weighted by Gasteiger charge is -2.34. The summed E-state index contributed by atoms with van der Waals surface area (Å²) in [5.41, 5.74) is 3.17. The van der Waals surface area contributed by atoms with Crippen LogP contribution in [0.4, 0.5) is 5.82 Å². The number of hydrogen-bond donors (Lipinski definition) is 0. The summed E-state index contributed by atoms with van der Waals surface area (Å²) in [6.07, 6.45) is 3.96. The molecule has 2 aliphatic heterocycles. The normalized spacial score (nSPS) is 21.0. The molecule has 2 aromatic rings. The summed E-state index contributed by atoms with van der Waals surface area (Å²) in [4.78, 5) is 21.5. The second kappa shape index (κ2) is 8.31. The van der Waals surface area contributed by atoms with Gasteiger partial charge in [0.1, 0.15) is 11.9 Å². The van der Waals surface area contributed by atoms with Gasteiger partial charge >= 0.3 is 0 Å². The fourth-order valence-electron chi connectivity index (χ4n) is 4.09. The first-order valence-electron chi connectivity index (χ1n) is 10.3. The van der Waals surface area contributed by atoms with Crippen molar-refractivity contribution in [2.75, 3.05) is 37.7 Å². The van der Waals surface area contributed by atoms with Gasteiger partial charge in [-0.3, -0.25) is 4.79 Å². The van der Waals surface area contributed by atoms with Crippen LogP contribution >= 0.6 is 0 Å². The molecule has 1 aromatic heterocycles. The van der Waals surface area contributed by atoms with Gasteiger partial charge in [0.25, 0.3) is 5.91 Å². The second-order valence-corrected chi connectivity index (χ2v) is 8.04. The minimum Gasteiger partial charge on any atom is -0.370 e. The van der Waals surface area contributed by atoms with E-state index in [4.69, 9.17) is 4.74 Å². The molecule has 2 fully saturated rings. The molecule has 2 saturated heterocycles. The lowest BCUT2D eigenvalue weighted by molar-refractivity contribution is 0.0391. The Morgan fingerprint density at radius 3 is 2.61 bits per heavy atom. The molecule has 0 radical (unpaired) electrons. The smallest absolute Gasteiger partial charge is 0.255 e. The van der Waals surface area contributed by atoms with Crippen molar-refractivity contribution in [3.05, 3.63) is 59.3 Å². The number of hydrogen-bond acceptors (Lipinski definition) is 4. The summed E-state index contributed by atoms with van der Waals surface area (Å²) >= 11 is 0. The van der Waals surface area contributed by atoms with Crippen LogP contribution in [0.5, 0.6) is 0 Å². The minimum atomic E-state index is 0.0494. The highest BCUT2D eigenvalue weighted by Crippen LogP contribution is 2.27. The molecule has 0 bridgehead atoms. The molecular formula is C23H29N3O2. The quantitative estimate of drug-likeness (QED) is 0.813. The Bertz CT molecular complexity index is 813. The van der Waals surface area contributed by atoms with Crippen molar-refractivity contribution < 1.29 is 9.53 Å². The van der Waals surface area contributed by atoms with Crippen molar-refractivity contribution in [3.8, 4) is 0 Å². The van der Waals surface area contributed by atoms with Gasteiger partial charge in [0.05, 0.1) is 12.2 Å². The molecule has 0 saturated carbocycles. The Balaban J connectivity index is 1.43. The number of carbonyl (C=O) groups excluding carboxylic acids is 1. The van der Waals surface area contributed by atoms with Crippen LogP contribution in [0, 0.1) is 12.8 Å². The molecule has 4 rings (SSSR count). The van der Waals surface area contributed by atoms with Crippen LogP contribution in [-0.4, -0.2) is 48.6 Å². The van der Waals surface area contributed by atoms with Crippen molar-refractivity contribution in [3.63, 3.8) is 0 Å². The van der Waals surface area contributed by atoms with Crippen LogP contribution in [0.2, 0.25) is 0 Å². The number of anilines is 1. The van der Waals surface area contributed by atoms with Crippen LogP contribution in [-0.2, 0) is 4.74 Å². The third kappa shape index (κ3) is 4.04. The zero-order valence-corrected chi connectivity index (χ0v) is 16.8. The summed E-state index contributed by atoms with van der Waals surface area (Å²) in [6.45, 7) is 8.34.